The maximum atomic E-state index is 12.3. The highest BCUT2D eigenvalue weighted by atomic mass is 32.2. The fraction of sp³-hybridized carbons (Fsp3) is 0.692. The summed E-state index contributed by atoms with van der Waals surface area (Å²) in [5.41, 5.74) is 5.93. The molecular formula is C13H20N4OS2. The second-order valence-electron chi connectivity index (χ2n) is 5.29. The highest BCUT2D eigenvalue weighted by Crippen LogP contribution is 2.30. The number of thioether (sulfide) groups is 1. The zero-order valence-electron chi connectivity index (χ0n) is 11.4. The van der Waals surface area contributed by atoms with Crippen LogP contribution < -0.4 is 16.0 Å². The van der Waals surface area contributed by atoms with E-state index in [0.717, 1.165) is 36.1 Å². The molecule has 1 amide bonds. The summed E-state index contributed by atoms with van der Waals surface area (Å²) in [6.45, 7) is 2.04. The molecule has 3 N–H and O–H groups in total. The van der Waals surface area contributed by atoms with Gasteiger partial charge in [0, 0.05) is 24.9 Å². The molecule has 5 nitrogen and oxygen atoms in total. The maximum Gasteiger partial charge on any atom is 0.265 e. The van der Waals surface area contributed by atoms with Crippen molar-refractivity contribution in [1.82, 2.24) is 10.3 Å². The lowest BCUT2D eigenvalue weighted by Gasteiger charge is -2.25. The topological polar surface area (TPSA) is 71.2 Å². The first kappa shape index (κ1) is 14.0. The zero-order valence-corrected chi connectivity index (χ0v) is 13.1. The zero-order chi connectivity index (χ0) is 13.9. The van der Waals surface area contributed by atoms with Crippen molar-refractivity contribution in [3.8, 4) is 0 Å². The summed E-state index contributed by atoms with van der Waals surface area (Å²) in [6.07, 6.45) is 4.72. The number of nitrogens with two attached hydrogens (primary N) is 1. The summed E-state index contributed by atoms with van der Waals surface area (Å²) in [5, 5.41) is 3.96. The van der Waals surface area contributed by atoms with Crippen LogP contribution in [0.1, 0.15) is 35.4 Å². The van der Waals surface area contributed by atoms with Crippen molar-refractivity contribution >= 4 is 40.0 Å². The summed E-state index contributed by atoms with van der Waals surface area (Å²) in [7, 11) is 0. The molecule has 0 radical (unpaired) electrons. The molecule has 2 aliphatic rings. The fourth-order valence-corrected chi connectivity index (χ4v) is 4.70. The van der Waals surface area contributed by atoms with Crippen LogP contribution >= 0.6 is 23.1 Å². The van der Waals surface area contributed by atoms with Gasteiger partial charge >= 0.3 is 0 Å². The Morgan fingerprint density at radius 1 is 1.35 bits per heavy atom. The number of amides is 1. The lowest BCUT2D eigenvalue weighted by molar-refractivity contribution is 0.0946. The lowest BCUT2D eigenvalue weighted by Crippen LogP contribution is -2.34. The Balaban J connectivity index is 1.69. The van der Waals surface area contributed by atoms with E-state index in [2.05, 4.69) is 15.2 Å². The smallest absolute Gasteiger partial charge is 0.265 e. The fourth-order valence-electron chi connectivity index (χ4n) is 2.60. The molecule has 0 aromatic carbocycles. The van der Waals surface area contributed by atoms with Crippen LogP contribution in [-0.4, -0.2) is 41.5 Å². The molecule has 1 aromatic rings. The molecule has 2 saturated heterocycles. The van der Waals surface area contributed by atoms with Crippen LogP contribution in [0.4, 0.5) is 10.9 Å². The Labute approximate surface area is 127 Å². The lowest BCUT2D eigenvalue weighted by atomic mass is 10.1. The third kappa shape index (κ3) is 3.03. The number of nitrogens with one attached hydrogen (secondary N) is 1. The SMILES string of the molecule is Nc1nc(N2CCCCC2)sc1C(=O)NC1CCSC1. The van der Waals surface area contributed by atoms with E-state index in [4.69, 9.17) is 5.73 Å². The average Bonchev–Trinajstić information content (AvgIpc) is 3.09. The van der Waals surface area contributed by atoms with E-state index in [-0.39, 0.29) is 11.9 Å². The normalized spacial score (nSPS) is 23.0. The molecule has 0 bridgehead atoms. The van der Waals surface area contributed by atoms with Crippen molar-refractivity contribution in [2.24, 2.45) is 0 Å². The van der Waals surface area contributed by atoms with E-state index in [1.54, 1.807) is 0 Å². The molecule has 1 aromatic heterocycles. The predicted octanol–water partition coefficient (Wildman–Crippen LogP) is 1.95. The quantitative estimate of drug-likeness (QED) is 0.892. The molecule has 0 saturated carbocycles. The Morgan fingerprint density at radius 3 is 2.85 bits per heavy atom. The number of carbonyl (C=O) groups excluding carboxylic acids is 1. The van der Waals surface area contributed by atoms with E-state index < -0.39 is 0 Å². The number of thiazole rings is 1. The number of nitrogen functional groups attached to an aromatic ring is 1. The molecular weight excluding hydrogens is 292 g/mol. The standard InChI is InChI=1S/C13H20N4OS2/c14-11-10(12(18)15-9-4-7-19-8-9)20-13(16-11)17-5-2-1-3-6-17/h9H,1-8,14H2,(H,15,18). The predicted molar refractivity (Wildman–Crippen MR) is 85.8 cm³/mol. The average molecular weight is 312 g/mol. The maximum absolute atomic E-state index is 12.3. The number of anilines is 2. The van der Waals surface area contributed by atoms with E-state index in [1.165, 1.54) is 30.6 Å². The Kier molecular flexibility index (Phi) is 4.35. The first-order valence-corrected chi connectivity index (χ1v) is 9.11. The van der Waals surface area contributed by atoms with Crippen LogP contribution in [-0.2, 0) is 0 Å². The van der Waals surface area contributed by atoms with E-state index >= 15 is 0 Å². The molecule has 3 heterocycles. The number of aromatic nitrogens is 1. The van der Waals surface area contributed by atoms with Gasteiger partial charge < -0.3 is 16.0 Å². The van der Waals surface area contributed by atoms with Crippen molar-refractivity contribution in [3.05, 3.63) is 4.88 Å². The first-order chi connectivity index (χ1) is 9.74. The molecule has 2 aliphatic heterocycles. The first-order valence-electron chi connectivity index (χ1n) is 7.14. The Hall–Kier alpha value is -0.950. The minimum atomic E-state index is -0.0595. The molecule has 1 unspecified atom stereocenters. The van der Waals surface area contributed by atoms with Gasteiger partial charge in [-0.25, -0.2) is 4.98 Å². The number of piperidine rings is 1. The van der Waals surface area contributed by atoms with Gasteiger partial charge in [0.15, 0.2) is 5.13 Å². The van der Waals surface area contributed by atoms with Crippen LogP contribution in [0.25, 0.3) is 0 Å². The largest absolute Gasteiger partial charge is 0.382 e. The number of rotatable bonds is 3. The van der Waals surface area contributed by atoms with Crippen molar-refractivity contribution < 1.29 is 4.79 Å². The number of nitrogens with zero attached hydrogens (tertiary/aromatic N) is 2. The van der Waals surface area contributed by atoms with Crippen LogP contribution in [0.5, 0.6) is 0 Å². The van der Waals surface area contributed by atoms with Crippen LogP contribution in [0.3, 0.4) is 0 Å². The van der Waals surface area contributed by atoms with Gasteiger partial charge in [-0.3, -0.25) is 4.79 Å². The summed E-state index contributed by atoms with van der Waals surface area (Å²) in [6, 6.07) is 0.285. The minimum absolute atomic E-state index is 0.0595. The molecule has 7 heteroatoms. The van der Waals surface area contributed by atoms with E-state index in [9.17, 15) is 4.79 Å². The Bertz CT molecular complexity index is 479. The summed E-state index contributed by atoms with van der Waals surface area (Å²) in [5.74, 6) is 2.44. The molecule has 0 spiro atoms. The van der Waals surface area contributed by atoms with Gasteiger partial charge in [0.2, 0.25) is 0 Å². The minimum Gasteiger partial charge on any atom is -0.382 e. The van der Waals surface area contributed by atoms with Gasteiger partial charge in [0.25, 0.3) is 5.91 Å². The summed E-state index contributed by atoms with van der Waals surface area (Å²) in [4.78, 5) is 19.5. The third-order valence-electron chi connectivity index (χ3n) is 3.74. The van der Waals surface area contributed by atoms with Crippen molar-refractivity contribution in [1.29, 1.82) is 0 Å². The van der Waals surface area contributed by atoms with Crippen molar-refractivity contribution in [2.75, 3.05) is 35.2 Å². The second kappa shape index (κ2) is 6.22. The van der Waals surface area contributed by atoms with E-state index in [0.29, 0.717) is 10.7 Å². The number of hydrogen-bond donors (Lipinski definition) is 2. The van der Waals surface area contributed by atoms with Crippen LogP contribution in [0, 0.1) is 0 Å². The van der Waals surface area contributed by atoms with Crippen LogP contribution in [0.2, 0.25) is 0 Å². The van der Waals surface area contributed by atoms with Gasteiger partial charge in [0.05, 0.1) is 0 Å². The number of carbonyl (C=O) groups is 1. The second-order valence-corrected chi connectivity index (χ2v) is 7.42. The molecule has 3 rings (SSSR count). The summed E-state index contributed by atoms with van der Waals surface area (Å²) < 4.78 is 0. The van der Waals surface area contributed by atoms with Gasteiger partial charge in [0.1, 0.15) is 10.7 Å². The monoisotopic (exact) mass is 312 g/mol. The molecule has 2 fully saturated rings. The number of hydrogen-bond acceptors (Lipinski definition) is 6. The molecule has 110 valence electrons. The van der Waals surface area contributed by atoms with Gasteiger partial charge in [-0.2, -0.15) is 11.8 Å². The highest BCUT2D eigenvalue weighted by Gasteiger charge is 2.24. The van der Waals surface area contributed by atoms with Gasteiger partial charge in [-0.05, 0) is 31.4 Å². The van der Waals surface area contributed by atoms with Crippen LogP contribution in [0.15, 0.2) is 0 Å². The molecule has 20 heavy (non-hydrogen) atoms. The Morgan fingerprint density at radius 2 is 2.15 bits per heavy atom. The van der Waals surface area contributed by atoms with E-state index in [1.807, 2.05) is 11.8 Å². The van der Waals surface area contributed by atoms with Gasteiger partial charge in [-0.15, -0.1) is 0 Å². The highest BCUT2D eigenvalue weighted by molar-refractivity contribution is 7.99. The summed E-state index contributed by atoms with van der Waals surface area (Å²) >= 11 is 3.31. The van der Waals surface area contributed by atoms with Crippen molar-refractivity contribution in [2.45, 2.75) is 31.7 Å². The van der Waals surface area contributed by atoms with Gasteiger partial charge in [-0.1, -0.05) is 11.3 Å². The molecule has 1 atom stereocenters. The van der Waals surface area contributed by atoms with Crippen molar-refractivity contribution in [3.63, 3.8) is 0 Å². The molecule has 0 aliphatic carbocycles. The third-order valence-corrected chi connectivity index (χ3v) is 6.03.